The highest BCUT2D eigenvalue weighted by Crippen LogP contribution is 2.18. The van der Waals surface area contributed by atoms with Gasteiger partial charge < -0.3 is 10.3 Å². The van der Waals surface area contributed by atoms with Crippen LogP contribution < -0.4 is 22.0 Å². The summed E-state index contributed by atoms with van der Waals surface area (Å²) in [6, 6.07) is 1.88. The van der Waals surface area contributed by atoms with Gasteiger partial charge in [-0.2, -0.15) is 0 Å². The Hall–Kier alpha value is -2.63. The number of rotatable bonds is 3. The number of pyridine rings is 1. The van der Waals surface area contributed by atoms with E-state index in [4.69, 9.17) is 10.3 Å². The zero-order chi connectivity index (χ0) is 16.6. The molecule has 2 aromatic heterocycles. The third-order valence-electron chi connectivity index (χ3n) is 4.27. The van der Waals surface area contributed by atoms with Crippen molar-refractivity contribution in [1.29, 1.82) is 0 Å². The summed E-state index contributed by atoms with van der Waals surface area (Å²) in [7, 11) is 0. The fourth-order valence-electron chi connectivity index (χ4n) is 2.94. The minimum atomic E-state index is -0.112. The van der Waals surface area contributed by atoms with E-state index in [9.17, 15) is 4.79 Å². The Balaban J connectivity index is 2.44. The molecule has 0 bridgehead atoms. The van der Waals surface area contributed by atoms with Gasteiger partial charge in [-0.15, -0.1) is 0 Å². The topological polar surface area (TPSA) is 86.4 Å². The third kappa shape index (κ3) is 2.50. The summed E-state index contributed by atoms with van der Waals surface area (Å²) in [4.78, 5) is 17.4. The molecule has 6 nitrogen and oxygen atoms in total. The number of nitrogens with zero attached hydrogens (tertiary/aromatic N) is 3. The van der Waals surface area contributed by atoms with Crippen LogP contribution in [0.15, 0.2) is 44.2 Å². The van der Waals surface area contributed by atoms with Crippen molar-refractivity contribution < 1.29 is 4.52 Å². The van der Waals surface area contributed by atoms with E-state index in [1.807, 2.05) is 13.0 Å². The Bertz CT molecular complexity index is 950. The first-order chi connectivity index (χ1) is 11.1. The van der Waals surface area contributed by atoms with E-state index in [-0.39, 0.29) is 5.56 Å². The SMILES string of the molecule is CCC1=C(N)N=c2c(cc(-c3cnoc3)c(=O)n2CC)=C(C)C1. The second kappa shape index (κ2) is 5.87. The molecule has 0 atom stereocenters. The number of hydrogen-bond donors (Lipinski definition) is 1. The maximum atomic E-state index is 12.8. The molecule has 2 aromatic rings. The number of nitrogens with two attached hydrogens (primary N) is 1. The van der Waals surface area contributed by atoms with E-state index in [2.05, 4.69) is 24.0 Å². The minimum Gasteiger partial charge on any atom is -0.384 e. The normalized spacial score (nSPS) is 14.5. The van der Waals surface area contributed by atoms with Crippen LogP contribution in [0.25, 0.3) is 16.7 Å². The summed E-state index contributed by atoms with van der Waals surface area (Å²) in [6.45, 7) is 6.57. The maximum absolute atomic E-state index is 12.8. The molecule has 0 aromatic carbocycles. The Morgan fingerprint density at radius 1 is 1.39 bits per heavy atom. The molecule has 0 fully saturated rings. The van der Waals surface area contributed by atoms with Gasteiger partial charge in [-0.1, -0.05) is 17.7 Å². The summed E-state index contributed by atoms with van der Waals surface area (Å²) >= 11 is 0. The van der Waals surface area contributed by atoms with E-state index in [1.54, 1.807) is 10.8 Å². The van der Waals surface area contributed by atoms with Gasteiger partial charge >= 0.3 is 0 Å². The van der Waals surface area contributed by atoms with E-state index in [0.29, 0.717) is 29.0 Å². The molecule has 120 valence electrons. The van der Waals surface area contributed by atoms with Gasteiger partial charge in [-0.05, 0) is 38.3 Å². The molecule has 0 unspecified atom stereocenters. The molecule has 0 amide bonds. The summed E-state index contributed by atoms with van der Waals surface area (Å²) in [5.41, 5.74) is 10.2. The lowest BCUT2D eigenvalue weighted by Crippen LogP contribution is -2.44. The predicted molar refractivity (Wildman–Crippen MR) is 87.9 cm³/mol. The molecular weight excluding hydrogens is 292 g/mol. The van der Waals surface area contributed by atoms with Crippen molar-refractivity contribution in [2.45, 2.75) is 40.2 Å². The van der Waals surface area contributed by atoms with E-state index < -0.39 is 0 Å². The van der Waals surface area contributed by atoms with Crippen LogP contribution in [0.2, 0.25) is 0 Å². The average Bonchev–Trinajstić information content (AvgIpc) is 3.03. The summed E-state index contributed by atoms with van der Waals surface area (Å²) in [5.74, 6) is 0.518. The van der Waals surface area contributed by atoms with E-state index in [1.165, 1.54) is 6.26 Å². The quantitative estimate of drug-likeness (QED) is 0.925. The summed E-state index contributed by atoms with van der Waals surface area (Å²) in [5, 5.41) is 4.65. The molecule has 23 heavy (non-hydrogen) atoms. The van der Waals surface area contributed by atoms with Gasteiger partial charge in [0.2, 0.25) is 0 Å². The minimum absolute atomic E-state index is 0.112. The van der Waals surface area contributed by atoms with Crippen molar-refractivity contribution in [2.75, 3.05) is 0 Å². The first-order valence-corrected chi connectivity index (χ1v) is 7.76. The Kier molecular flexibility index (Phi) is 3.90. The predicted octanol–water partition coefficient (Wildman–Crippen LogP) is 1.30. The highest BCUT2D eigenvalue weighted by Gasteiger charge is 2.15. The van der Waals surface area contributed by atoms with Crippen molar-refractivity contribution in [3.8, 4) is 11.1 Å². The number of aromatic nitrogens is 2. The van der Waals surface area contributed by atoms with Crippen molar-refractivity contribution in [3.63, 3.8) is 0 Å². The van der Waals surface area contributed by atoms with Crippen molar-refractivity contribution >= 4 is 5.57 Å². The molecule has 1 aliphatic heterocycles. The lowest BCUT2D eigenvalue weighted by molar-refractivity contribution is 0.420. The molecule has 0 spiro atoms. The Morgan fingerprint density at radius 2 is 2.17 bits per heavy atom. The van der Waals surface area contributed by atoms with Gasteiger partial charge in [0.15, 0.2) is 0 Å². The highest BCUT2D eigenvalue weighted by molar-refractivity contribution is 5.61. The number of fused-ring (bicyclic) bond motifs is 1. The molecule has 0 saturated heterocycles. The van der Waals surface area contributed by atoms with Crippen LogP contribution in [0.5, 0.6) is 0 Å². The fraction of sp³-hybridized carbons (Fsp3) is 0.353. The standard InChI is InChI=1S/C17H20N4O2/c1-4-11-6-10(3)13-7-14(12-8-19-23-9-12)17(22)21(5-2)16(13)20-15(11)18/h7-9H,4-6,18H2,1-3H3. The van der Waals surface area contributed by atoms with Gasteiger partial charge in [-0.3, -0.25) is 9.36 Å². The van der Waals surface area contributed by atoms with Gasteiger partial charge in [0.25, 0.3) is 5.56 Å². The lowest BCUT2D eigenvalue weighted by Gasteiger charge is -2.07. The second-order valence-electron chi connectivity index (χ2n) is 5.67. The third-order valence-corrected chi connectivity index (χ3v) is 4.27. The Labute approximate surface area is 133 Å². The maximum Gasteiger partial charge on any atom is 0.260 e. The van der Waals surface area contributed by atoms with E-state index >= 15 is 0 Å². The highest BCUT2D eigenvalue weighted by atomic mass is 16.5. The molecule has 0 saturated carbocycles. The molecule has 3 rings (SSSR count). The number of allylic oxidation sites excluding steroid dienone is 1. The lowest BCUT2D eigenvalue weighted by atomic mass is 10.0. The first-order valence-electron chi connectivity index (χ1n) is 7.76. The molecule has 0 aliphatic carbocycles. The molecular formula is C17H20N4O2. The van der Waals surface area contributed by atoms with Gasteiger partial charge in [0.05, 0.1) is 11.8 Å². The molecule has 2 N–H and O–H groups in total. The average molecular weight is 312 g/mol. The van der Waals surface area contributed by atoms with Crippen molar-refractivity contribution in [2.24, 2.45) is 10.7 Å². The van der Waals surface area contributed by atoms with Gasteiger partial charge in [-0.25, -0.2) is 4.99 Å². The van der Waals surface area contributed by atoms with Crippen LogP contribution in [0.3, 0.4) is 0 Å². The smallest absolute Gasteiger partial charge is 0.260 e. The van der Waals surface area contributed by atoms with Crippen LogP contribution >= 0.6 is 0 Å². The zero-order valence-electron chi connectivity index (χ0n) is 13.6. The molecule has 3 heterocycles. The van der Waals surface area contributed by atoms with Gasteiger partial charge in [0.1, 0.15) is 17.6 Å². The van der Waals surface area contributed by atoms with Crippen LogP contribution in [0.4, 0.5) is 0 Å². The first kappa shape index (κ1) is 15.3. The van der Waals surface area contributed by atoms with Crippen molar-refractivity contribution in [3.05, 3.63) is 51.0 Å². The second-order valence-corrected chi connectivity index (χ2v) is 5.67. The Morgan fingerprint density at radius 3 is 2.78 bits per heavy atom. The van der Waals surface area contributed by atoms with Crippen LogP contribution in [-0.2, 0) is 6.54 Å². The fourth-order valence-corrected chi connectivity index (χ4v) is 2.94. The zero-order valence-corrected chi connectivity index (χ0v) is 13.6. The van der Waals surface area contributed by atoms with Gasteiger partial charge in [0, 0.05) is 17.3 Å². The van der Waals surface area contributed by atoms with E-state index in [0.717, 1.165) is 29.2 Å². The summed E-state index contributed by atoms with van der Waals surface area (Å²) in [6.07, 6.45) is 4.64. The van der Waals surface area contributed by atoms with Crippen molar-refractivity contribution in [1.82, 2.24) is 9.72 Å². The largest absolute Gasteiger partial charge is 0.384 e. The monoisotopic (exact) mass is 312 g/mol. The van der Waals surface area contributed by atoms with Crippen LogP contribution in [0.1, 0.15) is 33.6 Å². The van der Waals surface area contributed by atoms with Crippen LogP contribution in [0, 0.1) is 0 Å². The molecule has 6 heteroatoms. The summed E-state index contributed by atoms with van der Waals surface area (Å²) < 4.78 is 6.55. The number of hydrogen-bond acceptors (Lipinski definition) is 5. The van der Waals surface area contributed by atoms with Crippen LogP contribution in [-0.4, -0.2) is 9.72 Å². The molecule has 1 aliphatic rings. The molecule has 0 radical (unpaired) electrons.